The van der Waals surface area contributed by atoms with Gasteiger partial charge in [0.15, 0.2) is 11.5 Å². The van der Waals surface area contributed by atoms with E-state index in [1.807, 2.05) is 31.3 Å². The third-order valence-electron chi connectivity index (χ3n) is 8.41. The molecule has 1 saturated carbocycles. The Balaban J connectivity index is 1.16. The number of aryl methyl sites for hydroxylation is 2. The highest BCUT2D eigenvalue weighted by Crippen LogP contribution is 2.56. The number of methoxy groups -OCH3 is 2. The standard InChI is InChI=1S/C33H41N3O3/c1-4-35-29-19-27(28-20-33(21-28)14-16-34-17-15-33)11-10-26(29)7-5-6-24-8-12-30(31(18-24)37-2)39-23-25-9-13-32(38-3)36-22-25/h4,8-13,18-19,22,28,34H,5-7,14-17,20-21,23H2,1-3H3/b35-4-. The molecular formula is C33H41N3O3. The number of benzene rings is 2. The highest BCUT2D eigenvalue weighted by Gasteiger charge is 2.44. The van der Waals surface area contributed by atoms with Crippen LogP contribution in [0.15, 0.2) is 59.7 Å². The van der Waals surface area contributed by atoms with Crippen molar-refractivity contribution in [1.29, 1.82) is 0 Å². The molecule has 2 fully saturated rings. The number of piperidine rings is 1. The van der Waals surface area contributed by atoms with Gasteiger partial charge in [0.1, 0.15) is 6.61 Å². The number of hydrogen-bond donors (Lipinski definition) is 1. The van der Waals surface area contributed by atoms with Crippen molar-refractivity contribution < 1.29 is 14.2 Å². The summed E-state index contributed by atoms with van der Waals surface area (Å²) in [5, 5.41) is 3.51. The Labute approximate surface area is 232 Å². The minimum atomic E-state index is 0.419. The monoisotopic (exact) mass is 527 g/mol. The maximum Gasteiger partial charge on any atom is 0.212 e. The van der Waals surface area contributed by atoms with E-state index in [2.05, 4.69) is 40.6 Å². The third kappa shape index (κ3) is 6.62. The van der Waals surface area contributed by atoms with Crippen LogP contribution in [0.4, 0.5) is 5.69 Å². The summed E-state index contributed by atoms with van der Waals surface area (Å²) in [5.74, 6) is 2.77. The fourth-order valence-electron chi connectivity index (χ4n) is 6.14. The van der Waals surface area contributed by atoms with Crippen molar-refractivity contribution in [2.24, 2.45) is 10.4 Å². The van der Waals surface area contributed by atoms with E-state index in [0.717, 1.165) is 42.0 Å². The summed E-state index contributed by atoms with van der Waals surface area (Å²) < 4.78 is 16.8. The summed E-state index contributed by atoms with van der Waals surface area (Å²) in [6, 6.07) is 17.0. The minimum Gasteiger partial charge on any atom is -0.493 e. The van der Waals surface area contributed by atoms with Gasteiger partial charge in [-0.25, -0.2) is 4.98 Å². The first-order valence-electron chi connectivity index (χ1n) is 14.2. The summed E-state index contributed by atoms with van der Waals surface area (Å²) in [4.78, 5) is 8.99. The predicted molar refractivity (Wildman–Crippen MR) is 157 cm³/mol. The van der Waals surface area contributed by atoms with Crippen LogP contribution >= 0.6 is 0 Å². The largest absolute Gasteiger partial charge is 0.493 e. The first kappa shape index (κ1) is 27.2. The Morgan fingerprint density at radius 2 is 1.77 bits per heavy atom. The topological polar surface area (TPSA) is 65.0 Å². The zero-order chi connectivity index (χ0) is 27.1. The van der Waals surface area contributed by atoms with Crippen molar-refractivity contribution in [2.45, 2.75) is 64.4 Å². The number of aliphatic imine (C=N–C) groups is 1. The summed E-state index contributed by atoms with van der Waals surface area (Å²) in [7, 11) is 3.30. The van der Waals surface area contributed by atoms with Gasteiger partial charge < -0.3 is 19.5 Å². The molecule has 1 saturated heterocycles. The highest BCUT2D eigenvalue weighted by molar-refractivity contribution is 5.63. The summed E-state index contributed by atoms with van der Waals surface area (Å²) in [5.41, 5.74) is 6.74. The molecule has 0 bridgehead atoms. The molecule has 1 aromatic heterocycles. The van der Waals surface area contributed by atoms with Crippen LogP contribution < -0.4 is 19.5 Å². The first-order valence-corrected chi connectivity index (χ1v) is 14.2. The normalized spacial score (nSPS) is 16.8. The second-order valence-electron chi connectivity index (χ2n) is 11.0. The summed E-state index contributed by atoms with van der Waals surface area (Å²) in [6.07, 6.45) is 12.0. The maximum atomic E-state index is 6.02. The molecule has 0 unspecified atom stereocenters. The number of hydrogen-bond acceptors (Lipinski definition) is 6. The molecule has 6 nitrogen and oxygen atoms in total. The van der Waals surface area contributed by atoms with Gasteiger partial charge in [0.2, 0.25) is 5.88 Å². The molecule has 39 heavy (non-hydrogen) atoms. The van der Waals surface area contributed by atoms with Gasteiger partial charge in [0, 0.05) is 24.0 Å². The van der Waals surface area contributed by atoms with Gasteiger partial charge in [-0.15, -0.1) is 0 Å². The second kappa shape index (κ2) is 12.6. The van der Waals surface area contributed by atoms with E-state index in [1.165, 1.54) is 55.5 Å². The number of ether oxygens (including phenoxy) is 3. The Morgan fingerprint density at radius 1 is 0.949 bits per heavy atom. The van der Waals surface area contributed by atoms with E-state index in [0.29, 0.717) is 23.8 Å². The smallest absolute Gasteiger partial charge is 0.212 e. The number of nitrogens with one attached hydrogen (secondary N) is 1. The molecule has 0 radical (unpaired) electrons. The molecule has 1 spiro atoms. The summed E-state index contributed by atoms with van der Waals surface area (Å²) in [6.45, 7) is 4.79. The van der Waals surface area contributed by atoms with Crippen LogP contribution in [0.25, 0.3) is 0 Å². The van der Waals surface area contributed by atoms with E-state index < -0.39 is 0 Å². The average molecular weight is 528 g/mol. The minimum absolute atomic E-state index is 0.419. The molecule has 0 amide bonds. The lowest BCUT2D eigenvalue weighted by molar-refractivity contribution is 0.0604. The van der Waals surface area contributed by atoms with Crippen LogP contribution in [-0.2, 0) is 19.4 Å². The van der Waals surface area contributed by atoms with Crippen molar-refractivity contribution >= 4 is 11.9 Å². The lowest BCUT2D eigenvalue weighted by Gasteiger charge is -2.50. The van der Waals surface area contributed by atoms with Crippen LogP contribution in [0.5, 0.6) is 17.4 Å². The molecule has 1 aliphatic carbocycles. The van der Waals surface area contributed by atoms with Crippen LogP contribution in [-0.4, -0.2) is 38.5 Å². The van der Waals surface area contributed by atoms with Gasteiger partial charge in [-0.3, -0.25) is 4.99 Å². The van der Waals surface area contributed by atoms with E-state index in [-0.39, 0.29) is 0 Å². The van der Waals surface area contributed by atoms with Crippen molar-refractivity contribution in [3.63, 3.8) is 0 Å². The van der Waals surface area contributed by atoms with Gasteiger partial charge in [0.25, 0.3) is 0 Å². The summed E-state index contributed by atoms with van der Waals surface area (Å²) >= 11 is 0. The SMILES string of the molecule is C/C=N\c1cc(C2CC3(CCNCC3)C2)ccc1CCCc1ccc(OCc2ccc(OC)nc2)c(OC)c1. The van der Waals surface area contributed by atoms with Crippen LogP contribution in [0.2, 0.25) is 0 Å². The molecule has 2 aliphatic rings. The lowest BCUT2D eigenvalue weighted by atomic mass is 9.56. The van der Waals surface area contributed by atoms with Crippen LogP contribution in [0.1, 0.15) is 67.2 Å². The van der Waals surface area contributed by atoms with Crippen molar-refractivity contribution in [1.82, 2.24) is 10.3 Å². The average Bonchev–Trinajstić information content (AvgIpc) is 2.96. The van der Waals surface area contributed by atoms with E-state index in [9.17, 15) is 0 Å². The molecule has 1 aliphatic heterocycles. The molecule has 1 N–H and O–H groups in total. The quantitative estimate of drug-likeness (QED) is 0.277. The zero-order valence-corrected chi connectivity index (χ0v) is 23.5. The highest BCUT2D eigenvalue weighted by atomic mass is 16.5. The Kier molecular flexibility index (Phi) is 8.82. The first-order chi connectivity index (χ1) is 19.1. The fourth-order valence-corrected chi connectivity index (χ4v) is 6.14. The molecule has 206 valence electrons. The van der Waals surface area contributed by atoms with E-state index in [1.54, 1.807) is 20.4 Å². The second-order valence-corrected chi connectivity index (χ2v) is 11.0. The number of rotatable bonds is 11. The fraction of sp³-hybridized carbons (Fsp3) is 0.455. The zero-order valence-electron chi connectivity index (χ0n) is 23.5. The Morgan fingerprint density at radius 3 is 2.49 bits per heavy atom. The predicted octanol–water partition coefficient (Wildman–Crippen LogP) is 6.82. The lowest BCUT2D eigenvalue weighted by Crippen LogP contribution is -2.44. The van der Waals surface area contributed by atoms with Gasteiger partial charge >= 0.3 is 0 Å². The van der Waals surface area contributed by atoms with Crippen molar-refractivity contribution in [3.05, 3.63) is 77.0 Å². The molecule has 2 aromatic carbocycles. The number of pyridine rings is 1. The number of nitrogens with zero attached hydrogens (tertiary/aromatic N) is 2. The third-order valence-corrected chi connectivity index (χ3v) is 8.41. The van der Waals surface area contributed by atoms with Gasteiger partial charge in [-0.1, -0.05) is 18.2 Å². The molecule has 3 aromatic rings. The van der Waals surface area contributed by atoms with Crippen LogP contribution in [0, 0.1) is 5.41 Å². The molecule has 5 rings (SSSR count). The maximum absolute atomic E-state index is 6.02. The van der Waals surface area contributed by atoms with Crippen LogP contribution in [0.3, 0.4) is 0 Å². The van der Waals surface area contributed by atoms with Gasteiger partial charge in [-0.05, 0) is 117 Å². The van der Waals surface area contributed by atoms with Crippen molar-refractivity contribution in [3.8, 4) is 17.4 Å². The molecular weight excluding hydrogens is 486 g/mol. The Bertz CT molecular complexity index is 1260. The Hall–Kier alpha value is -3.38. The van der Waals surface area contributed by atoms with Gasteiger partial charge in [-0.2, -0.15) is 0 Å². The van der Waals surface area contributed by atoms with Crippen molar-refractivity contribution in [2.75, 3.05) is 27.3 Å². The molecule has 2 heterocycles. The van der Waals surface area contributed by atoms with Gasteiger partial charge in [0.05, 0.1) is 19.9 Å². The van der Waals surface area contributed by atoms with E-state index >= 15 is 0 Å². The molecule has 0 atom stereocenters. The number of aromatic nitrogens is 1. The molecule has 6 heteroatoms. The van der Waals surface area contributed by atoms with E-state index in [4.69, 9.17) is 19.2 Å².